The van der Waals surface area contributed by atoms with Crippen LogP contribution in [-0.2, 0) is 4.79 Å². The van der Waals surface area contributed by atoms with Gasteiger partial charge >= 0.3 is 0 Å². The predicted molar refractivity (Wildman–Crippen MR) is 125 cm³/mol. The zero-order chi connectivity index (χ0) is 22.7. The van der Waals surface area contributed by atoms with Crippen LogP contribution in [0.15, 0.2) is 48.5 Å². The Morgan fingerprint density at radius 1 is 1.12 bits per heavy atom. The van der Waals surface area contributed by atoms with Gasteiger partial charge in [0.2, 0.25) is 5.91 Å². The largest absolute Gasteiger partial charge is 0.486 e. The molecule has 1 amide bonds. The number of likely N-dealkylation sites (N-methyl/N-ethyl adjacent to an activating group) is 1. The Balaban J connectivity index is 1.39. The van der Waals surface area contributed by atoms with Crippen molar-refractivity contribution in [3.05, 3.63) is 65.5 Å². The molecule has 1 aliphatic heterocycles. The summed E-state index contributed by atoms with van der Waals surface area (Å²) >= 11 is 0. The van der Waals surface area contributed by atoms with Crippen molar-refractivity contribution in [3.8, 4) is 17.2 Å². The number of rotatable bonds is 7. The number of anilines is 1. The number of ether oxygens (including phenoxy) is 2. The van der Waals surface area contributed by atoms with Crippen LogP contribution in [0.3, 0.4) is 0 Å². The first kappa shape index (κ1) is 21.9. The van der Waals surface area contributed by atoms with Crippen molar-refractivity contribution < 1.29 is 14.3 Å². The Morgan fingerprint density at radius 2 is 1.84 bits per heavy atom. The number of nitrogens with one attached hydrogen (secondary N) is 1. The van der Waals surface area contributed by atoms with Gasteiger partial charge in [0, 0.05) is 6.54 Å². The van der Waals surface area contributed by atoms with Gasteiger partial charge in [-0.25, -0.2) is 4.68 Å². The van der Waals surface area contributed by atoms with Gasteiger partial charge in [0.25, 0.3) is 0 Å². The van der Waals surface area contributed by atoms with Crippen LogP contribution in [0.5, 0.6) is 11.5 Å². The van der Waals surface area contributed by atoms with E-state index in [1.54, 1.807) is 0 Å². The Hall–Kier alpha value is -3.32. The summed E-state index contributed by atoms with van der Waals surface area (Å²) in [4.78, 5) is 14.9. The average Bonchev–Trinajstić information content (AvgIpc) is 3.07. The fourth-order valence-electron chi connectivity index (χ4n) is 3.89. The van der Waals surface area contributed by atoms with Gasteiger partial charge in [-0.1, -0.05) is 36.8 Å². The summed E-state index contributed by atoms with van der Waals surface area (Å²) in [5.41, 5.74) is 4.63. The minimum Gasteiger partial charge on any atom is -0.486 e. The first-order valence-electron chi connectivity index (χ1n) is 11.0. The van der Waals surface area contributed by atoms with Crippen LogP contribution >= 0.6 is 0 Å². The van der Waals surface area contributed by atoms with Crippen molar-refractivity contribution in [2.75, 3.05) is 31.6 Å². The van der Waals surface area contributed by atoms with Gasteiger partial charge in [0.1, 0.15) is 12.7 Å². The second kappa shape index (κ2) is 9.44. The predicted octanol–water partition coefficient (Wildman–Crippen LogP) is 3.90. The number of nitrogens with zero attached hydrogens (tertiary/aromatic N) is 3. The second-order valence-corrected chi connectivity index (χ2v) is 8.17. The van der Waals surface area contributed by atoms with E-state index < -0.39 is 0 Å². The molecule has 1 N–H and O–H groups in total. The normalized spacial score (nSPS) is 15.1. The summed E-state index contributed by atoms with van der Waals surface area (Å²) in [5.74, 6) is 1.44. The number of benzene rings is 2. The maximum atomic E-state index is 12.9. The van der Waals surface area contributed by atoms with E-state index in [1.807, 2.05) is 61.9 Å². The zero-order valence-electron chi connectivity index (χ0n) is 19.1. The van der Waals surface area contributed by atoms with Crippen LogP contribution in [0.2, 0.25) is 0 Å². The van der Waals surface area contributed by atoms with E-state index in [0.29, 0.717) is 13.2 Å². The molecule has 32 heavy (non-hydrogen) atoms. The monoisotopic (exact) mass is 434 g/mol. The number of aryl methyl sites for hydroxylation is 2. The standard InChI is InChI=1S/C25H30N4O3/c1-5-28(14-21-16-31-22-8-6-7-9-23(22)32-21)15-24(30)26-25-18(3)27-29(19(25)4)20-12-10-17(2)11-13-20/h6-13,21H,5,14-16H2,1-4H3,(H,26,30). The average molecular weight is 435 g/mol. The molecule has 0 saturated carbocycles. The lowest BCUT2D eigenvalue weighted by Crippen LogP contribution is -2.43. The third kappa shape index (κ3) is 4.78. The van der Waals surface area contributed by atoms with Crippen LogP contribution in [0.4, 0.5) is 5.69 Å². The van der Waals surface area contributed by atoms with Crippen LogP contribution in [0.1, 0.15) is 23.9 Å². The molecular weight excluding hydrogens is 404 g/mol. The third-order valence-electron chi connectivity index (χ3n) is 5.68. The van der Waals surface area contributed by atoms with E-state index in [4.69, 9.17) is 9.47 Å². The van der Waals surface area contributed by atoms with Crippen molar-refractivity contribution in [1.82, 2.24) is 14.7 Å². The van der Waals surface area contributed by atoms with Crippen molar-refractivity contribution in [3.63, 3.8) is 0 Å². The van der Waals surface area contributed by atoms with Crippen molar-refractivity contribution in [1.29, 1.82) is 0 Å². The van der Waals surface area contributed by atoms with Gasteiger partial charge in [-0.2, -0.15) is 5.10 Å². The van der Waals surface area contributed by atoms with Crippen LogP contribution in [0.25, 0.3) is 5.69 Å². The molecule has 168 valence electrons. The Morgan fingerprint density at radius 3 is 2.56 bits per heavy atom. The van der Waals surface area contributed by atoms with E-state index >= 15 is 0 Å². The van der Waals surface area contributed by atoms with Gasteiger partial charge < -0.3 is 14.8 Å². The molecule has 0 fully saturated rings. The lowest BCUT2D eigenvalue weighted by Gasteiger charge is -2.30. The highest BCUT2D eigenvalue weighted by Crippen LogP contribution is 2.31. The van der Waals surface area contributed by atoms with E-state index in [9.17, 15) is 4.79 Å². The molecule has 1 unspecified atom stereocenters. The van der Waals surface area contributed by atoms with Crippen LogP contribution in [-0.4, -0.2) is 52.9 Å². The summed E-state index contributed by atoms with van der Waals surface area (Å²) in [6.45, 7) is 10.1. The first-order valence-corrected chi connectivity index (χ1v) is 11.0. The molecule has 7 nitrogen and oxygen atoms in total. The molecule has 2 aromatic carbocycles. The Labute approximate surface area is 188 Å². The minimum atomic E-state index is -0.120. The van der Waals surface area contributed by atoms with Crippen molar-refractivity contribution in [2.24, 2.45) is 0 Å². The van der Waals surface area contributed by atoms with Gasteiger partial charge in [-0.15, -0.1) is 0 Å². The quantitative estimate of drug-likeness (QED) is 0.611. The number of carbonyl (C=O) groups excluding carboxylic acids is 1. The van der Waals surface area contributed by atoms with E-state index in [2.05, 4.69) is 34.4 Å². The van der Waals surface area contributed by atoms with Gasteiger partial charge in [-0.05, 0) is 51.6 Å². The van der Waals surface area contributed by atoms with Crippen molar-refractivity contribution >= 4 is 11.6 Å². The molecule has 1 aromatic heterocycles. The molecular formula is C25H30N4O3. The smallest absolute Gasteiger partial charge is 0.238 e. The number of para-hydroxylation sites is 2. The molecule has 0 spiro atoms. The molecule has 1 atom stereocenters. The molecule has 7 heteroatoms. The van der Waals surface area contributed by atoms with E-state index in [1.165, 1.54) is 5.56 Å². The summed E-state index contributed by atoms with van der Waals surface area (Å²) in [7, 11) is 0. The Bertz CT molecular complexity index is 1090. The molecule has 0 aliphatic carbocycles. The number of aromatic nitrogens is 2. The lowest BCUT2D eigenvalue weighted by molar-refractivity contribution is -0.117. The SMILES string of the molecule is CCN(CC(=O)Nc1c(C)nn(-c2ccc(C)cc2)c1C)CC1COc2ccccc2O1. The van der Waals surface area contributed by atoms with Gasteiger partial charge in [-0.3, -0.25) is 9.69 Å². The second-order valence-electron chi connectivity index (χ2n) is 8.17. The summed E-state index contributed by atoms with van der Waals surface area (Å²) < 4.78 is 13.7. The summed E-state index contributed by atoms with van der Waals surface area (Å²) in [6.07, 6.45) is -0.120. The zero-order valence-corrected chi connectivity index (χ0v) is 19.1. The molecule has 1 aliphatic rings. The van der Waals surface area contributed by atoms with Gasteiger partial charge in [0.05, 0.1) is 29.3 Å². The first-order chi connectivity index (χ1) is 15.4. The maximum Gasteiger partial charge on any atom is 0.238 e. The number of amides is 1. The Kier molecular flexibility index (Phi) is 6.46. The topological polar surface area (TPSA) is 68.6 Å². The molecule has 0 saturated heterocycles. The fraction of sp³-hybridized carbons (Fsp3) is 0.360. The number of fused-ring (bicyclic) bond motifs is 1. The molecule has 3 aromatic rings. The summed E-state index contributed by atoms with van der Waals surface area (Å²) in [5, 5.41) is 7.69. The fourth-order valence-corrected chi connectivity index (χ4v) is 3.89. The van der Waals surface area contributed by atoms with Crippen molar-refractivity contribution in [2.45, 2.75) is 33.8 Å². The molecule has 0 bridgehead atoms. The third-order valence-corrected chi connectivity index (χ3v) is 5.68. The summed E-state index contributed by atoms with van der Waals surface area (Å²) in [6, 6.07) is 15.8. The molecule has 4 rings (SSSR count). The highest BCUT2D eigenvalue weighted by Gasteiger charge is 2.24. The molecule has 2 heterocycles. The van der Waals surface area contributed by atoms with Gasteiger partial charge in [0.15, 0.2) is 11.5 Å². The highest BCUT2D eigenvalue weighted by atomic mass is 16.6. The van der Waals surface area contributed by atoms with Crippen LogP contribution < -0.4 is 14.8 Å². The molecule has 0 radical (unpaired) electrons. The van der Waals surface area contributed by atoms with E-state index in [0.717, 1.165) is 40.8 Å². The minimum absolute atomic E-state index is 0.0707. The van der Waals surface area contributed by atoms with E-state index in [-0.39, 0.29) is 18.6 Å². The number of hydrogen-bond donors (Lipinski definition) is 1. The number of hydrogen-bond acceptors (Lipinski definition) is 5. The lowest BCUT2D eigenvalue weighted by atomic mass is 10.2. The maximum absolute atomic E-state index is 12.9. The highest BCUT2D eigenvalue weighted by molar-refractivity contribution is 5.93. The van der Waals surface area contributed by atoms with Crippen LogP contribution in [0, 0.1) is 20.8 Å². The number of carbonyl (C=O) groups is 1.